The molecule has 4 aliphatic rings. The second-order valence-corrected chi connectivity index (χ2v) is 6.99. The molecule has 16 heavy (non-hydrogen) atoms. The molecule has 2 heteroatoms. The first-order valence-corrected chi connectivity index (χ1v) is 6.72. The Kier molecular flexibility index (Phi) is 1.96. The first-order valence-electron chi connectivity index (χ1n) is 6.72. The van der Waals surface area contributed by atoms with Crippen LogP contribution in [0.25, 0.3) is 0 Å². The fraction of sp³-hybridized carbons (Fsp3) is 1.00. The summed E-state index contributed by atoms with van der Waals surface area (Å²) in [6, 6.07) is 0. The minimum atomic E-state index is -0.904. The van der Waals surface area contributed by atoms with Crippen molar-refractivity contribution in [2.24, 2.45) is 23.2 Å². The van der Waals surface area contributed by atoms with E-state index in [1.165, 1.54) is 12.8 Å². The lowest BCUT2D eigenvalue weighted by atomic mass is 9.57. The molecule has 2 aliphatic carbocycles. The quantitative estimate of drug-likeness (QED) is 0.685. The van der Waals surface area contributed by atoms with Gasteiger partial charge < -0.3 is 9.84 Å². The van der Waals surface area contributed by atoms with Crippen molar-refractivity contribution >= 4 is 0 Å². The molecule has 2 saturated carbocycles. The number of hydrogen-bond acceptors (Lipinski definition) is 2. The summed E-state index contributed by atoms with van der Waals surface area (Å²) in [7, 11) is 0. The van der Waals surface area contributed by atoms with E-state index >= 15 is 0 Å². The van der Waals surface area contributed by atoms with Crippen LogP contribution >= 0.6 is 0 Å². The molecule has 2 aliphatic heterocycles. The summed E-state index contributed by atoms with van der Waals surface area (Å²) in [5.74, 6) is 0.661. The second kappa shape index (κ2) is 2.84. The third kappa shape index (κ3) is 1.10. The standard InChI is InChI=1S/C14H24O2/c1-9-12(2)7-5-11-10(12)6-8-13(9,3)16-14(11,4)15/h9-11,15H,5-8H2,1-4H3/t9-,10-,11-,12-,13+,14-/m1/s1. The Hall–Kier alpha value is -0.0800. The molecular weight excluding hydrogens is 200 g/mol. The third-order valence-corrected chi connectivity index (χ3v) is 6.31. The van der Waals surface area contributed by atoms with Gasteiger partial charge in [0.25, 0.3) is 0 Å². The van der Waals surface area contributed by atoms with Crippen LogP contribution in [-0.4, -0.2) is 16.5 Å². The van der Waals surface area contributed by atoms with Gasteiger partial charge in [-0.2, -0.15) is 0 Å². The van der Waals surface area contributed by atoms with E-state index in [1.54, 1.807) is 0 Å². The van der Waals surface area contributed by atoms with Gasteiger partial charge in [0.15, 0.2) is 5.79 Å². The van der Waals surface area contributed by atoms with Crippen LogP contribution in [0.3, 0.4) is 0 Å². The summed E-state index contributed by atoms with van der Waals surface area (Å²) in [5, 5.41) is 10.6. The Labute approximate surface area is 98.4 Å². The number of ether oxygens (including phenoxy) is 1. The van der Waals surface area contributed by atoms with Crippen LogP contribution in [0.1, 0.15) is 53.4 Å². The lowest BCUT2D eigenvalue weighted by molar-refractivity contribution is -0.281. The van der Waals surface area contributed by atoms with Crippen LogP contribution in [0, 0.1) is 23.2 Å². The molecule has 2 heterocycles. The summed E-state index contributed by atoms with van der Waals surface area (Å²) in [6.45, 7) is 8.84. The highest BCUT2D eigenvalue weighted by Crippen LogP contribution is 2.66. The summed E-state index contributed by atoms with van der Waals surface area (Å²) in [4.78, 5) is 0. The summed E-state index contributed by atoms with van der Waals surface area (Å²) < 4.78 is 6.14. The zero-order valence-corrected chi connectivity index (χ0v) is 10.9. The highest BCUT2D eigenvalue weighted by atomic mass is 16.6. The first-order chi connectivity index (χ1) is 7.30. The Balaban J connectivity index is 2.13. The van der Waals surface area contributed by atoms with Gasteiger partial charge in [0.1, 0.15) is 0 Å². The molecule has 0 aromatic carbocycles. The van der Waals surface area contributed by atoms with Crippen LogP contribution in [0.2, 0.25) is 0 Å². The van der Waals surface area contributed by atoms with E-state index in [0.29, 0.717) is 23.2 Å². The summed E-state index contributed by atoms with van der Waals surface area (Å²) >= 11 is 0. The molecule has 92 valence electrons. The van der Waals surface area contributed by atoms with Gasteiger partial charge in [-0.25, -0.2) is 0 Å². The van der Waals surface area contributed by atoms with Crippen LogP contribution in [-0.2, 0) is 4.74 Å². The largest absolute Gasteiger partial charge is 0.365 e. The van der Waals surface area contributed by atoms with E-state index in [4.69, 9.17) is 4.74 Å². The lowest BCUT2D eigenvalue weighted by Gasteiger charge is -2.50. The zero-order valence-electron chi connectivity index (χ0n) is 10.9. The SMILES string of the molecule is C[C@@H]1[C@@]2(C)CC[C@@H]3[C@H]2CC[C@]1(C)O[C@@]3(C)O. The molecule has 0 unspecified atom stereocenters. The number of fused-ring (bicyclic) bond motifs is 2. The molecular formula is C14H24O2. The van der Waals surface area contributed by atoms with E-state index in [-0.39, 0.29) is 5.60 Å². The van der Waals surface area contributed by atoms with Gasteiger partial charge in [-0.1, -0.05) is 13.8 Å². The third-order valence-electron chi connectivity index (χ3n) is 6.31. The fourth-order valence-electron chi connectivity index (χ4n) is 5.07. The maximum atomic E-state index is 10.6. The van der Waals surface area contributed by atoms with E-state index in [2.05, 4.69) is 20.8 Å². The fourth-order valence-corrected chi connectivity index (χ4v) is 5.07. The smallest absolute Gasteiger partial charge is 0.166 e. The Bertz CT molecular complexity index is 325. The molecule has 2 saturated heterocycles. The number of aliphatic hydroxyl groups is 1. The molecule has 0 radical (unpaired) electrons. The molecule has 4 bridgehead atoms. The Morgan fingerprint density at radius 3 is 2.38 bits per heavy atom. The predicted octanol–water partition coefficient (Wildman–Crippen LogP) is 2.95. The van der Waals surface area contributed by atoms with Gasteiger partial charge in [-0.15, -0.1) is 0 Å². The van der Waals surface area contributed by atoms with Gasteiger partial charge in [-0.05, 0) is 56.8 Å². The number of hydrogen-bond donors (Lipinski definition) is 1. The number of rotatable bonds is 0. The van der Waals surface area contributed by atoms with E-state index in [0.717, 1.165) is 12.8 Å². The Morgan fingerprint density at radius 2 is 1.69 bits per heavy atom. The van der Waals surface area contributed by atoms with Crippen LogP contribution < -0.4 is 0 Å². The van der Waals surface area contributed by atoms with E-state index in [1.807, 2.05) is 6.92 Å². The van der Waals surface area contributed by atoms with Crippen molar-refractivity contribution in [3.8, 4) is 0 Å². The molecule has 6 atom stereocenters. The molecule has 0 aromatic heterocycles. The van der Waals surface area contributed by atoms with Crippen LogP contribution in [0.15, 0.2) is 0 Å². The van der Waals surface area contributed by atoms with Crippen molar-refractivity contribution in [3.05, 3.63) is 0 Å². The lowest BCUT2D eigenvalue weighted by Crippen LogP contribution is -2.50. The van der Waals surface area contributed by atoms with Gasteiger partial charge in [0.05, 0.1) is 5.60 Å². The van der Waals surface area contributed by atoms with Crippen molar-refractivity contribution < 1.29 is 9.84 Å². The average Bonchev–Trinajstić information content (AvgIpc) is 2.45. The zero-order chi connectivity index (χ0) is 11.8. The minimum Gasteiger partial charge on any atom is -0.365 e. The summed E-state index contributed by atoms with van der Waals surface area (Å²) in [6.07, 6.45) is 4.74. The van der Waals surface area contributed by atoms with Gasteiger partial charge >= 0.3 is 0 Å². The monoisotopic (exact) mass is 224 g/mol. The van der Waals surface area contributed by atoms with Crippen molar-refractivity contribution in [1.82, 2.24) is 0 Å². The van der Waals surface area contributed by atoms with Crippen molar-refractivity contribution in [2.45, 2.75) is 64.8 Å². The van der Waals surface area contributed by atoms with Crippen molar-refractivity contribution in [2.75, 3.05) is 0 Å². The topological polar surface area (TPSA) is 29.5 Å². The predicted molar refractivity (Wildman–Crippen MR) is 62.8 cm³/mol. The Morgan fingerprint density at radius 1 is 1.06 bits per heavy atom. The molecule has 1 N–H and O–H groups in total. The van der Waals surface area contributed by atoms with Crippen molar-refractivity contribution in [3.63, 3.8) is 0 Å². The first kappa shape index (κ1) is 11.0. The highest BCUT2D eigenvalue weighted by Gasteiger charge is 2.65. The maximum Gasteiger partial charge on any atom is 0.166 e. The van der Waals surface area contributed by atoms with Gasteiger partial charge in [0.2, 0.25) is 0 Å². The van der Waals surface area contributed by atoms with E-state index < -0.39 is 5.79 Å². The van der Waals surface area contributed by atoms with Gasteiger partial charge in [-0.3, -0.25) is 0 Å². The minimum absolute atomic E-state index is 0.121. The normalized spacial score (nSPS) is 64.7. The summed E-state index contributed by atoms with van der Waals surface area (Å²) in [5.41, 5.74) is 0.266. The van der Waals surface area contributed by atoms with Gasteiger partial charge in [0, 0.05) is 5.92 Å². The maximum absolute atomic E-state index is 10.6. The average molecular weight is 224 g/mol. The molecule has 2 nitrogen and oxygen atoms in total. The molecule has 0 aromatic rings. The second-order valence-electron chi connectivity index (χ2n) is 6.99. The highest BCUT2D eigenvalue weighted by molar-refractivity contribution is 5.11. The van der Waals surface area contributed by atoms with Crippen LogP contribution in [0.4, 0.5) is 0 Å². The van der Waals surface area contributed by atoms with Crippen LogP contribution in [0.5, 0.6) is 0 Å². The molecule has 4 fully saturated rings. The van der Waals surface area contributed by atoms with Crippen molar-refractivity contribution in [1.29, 1.82) is 0 Å². The molecule has 0 amide bonds. The molecule has 0 spiro atoms. The molecule has 4 rings (SSSR count). The van der Waals surface area contributed by atoms with E-state index in [9.17, 15) is 5.11 Å².